The zero-order valence-electron chi connectivity index (χ0n) is 14.9. The number of esters is 1. The summed E-state index contributed by atoms with van der Waals surface area (Å²) in [6.07, 6.45) is 0.567. The maximum absolute atomic E-state index is 12.4. The first-order valence-electron chi connectivity index (χ1n) is 8.50. The highest BCUT2D eigenvalue weighted by Gasteiger charge is 2.35. The van der Waals surface area contributed by atoms with Gasteiger partial charge >= 0.3 is 13.8 Å². The van der Waals surface area contributed by atoms with Crippen LogP contribution in [0.2, 0.25) is 0 Å². The number of phosphoric acid groups is 1. The number of ether oxygens (including phenoxy) is 1. The molecule has 0 unspecified atom stereocenters. The molecule has 0 bridgehead atoms. The van der Waals surface area contributed by atoms with Crippen LogP contribution >= 0.6 is 7.82 Å². The SMILES string of the molecule is CCC[C@@H](OC(=O)c1ccccc1)[C@H](COP1(=O)OCCO1)NC(C)=O. The molecule has 8 nitrogen and oxygen atoms in total. The Labute approximate surface area is 152 Å². The third-order valence-electron chi connectivity index (χ3n) is 3.67. The molecule has 1 aromatic carbocycles. The van der Waals surface area contributed by atoms with Gasteiger partial charge in [0, 0.05) is 6.92 Å². The molecular formula is C17H24NO7P. The van der Waals surface area contributed by atoms with Crippen molar-refractivity contribution in [3.05, 3.63) is 35.9 Å². The number of benzene rings is 1. The molecule has 1 amide bonds. The second kappa shape index (κ2) is 9.83. The van der Waals surface area contributed by atoms with E-state index in [1.165, 1.54) is 6.92 Å². The van der Waals surface area contributed by atoms with Gasteiger partial charge in [-0.3, -0.25) is 18.4 Å². The summed E-state index contributed by atoms with van der Waals surface area (Å²) in [5, 5.41) is 2.69. The molecule has 1 aliphatic heterocycles. The molecule has 1 saturated heterocycles. The maximum atomic E-state index is 12.4. The molecule has 1 aliphatic rings. The Balaban J connectivity index is 2.07. The van der Waals surface area contributed by atoms with Gasteiger partial charge in [0.2, 0.25) is 5.91 Å². The Bertz CT molecular complexity index is 642. The van der Waals surface area contributed by atoms with Gasteiger partial charge in [-0.05, 0) is 18.6 Å². The minimum Gasteiger partial charge on any atom is -0.456 e. The van der Waals surface area contributed by atoms with Crippen molar-refractivity contribution >= 4 is 19.7 Å². The van der Waals surface area contributed by atoms with Crippen LogP contribution in [0.15, 0.2) is 30.3 Å². The second-order valence-corrected chi connectivity index (χ2v) is 7.48. The Morgan fingerprint density at radius 2 is 1.88 bits per heavy atom. The second-order valence-electron chi connectivity index (χ2n) is 5.81. The van der Waals surface area contributed by atoms with Gasteiger partial charge in [-0.25, -0.2) is 9.36 Å². The number of hydrogen-bond donors (Lipinski definition) is 1. The van der Waals surface area contributed by atoms with Gasteiger partial charge in [-0.15, -0.1) is 0 Å². The number of carbonyl (C=O) groups excluding carboxylic acids is 2. The van der Waals surface area contributed by atoms with E-state index in [0.717, 1.165) is 0 Å². The Morgan fingerprint density at radius 3 is 2.46 bits per heavy atom. The number of phosphoric ester groups is 1. The average molecular weight is 385 g/mol. The number of nitrogens with one attached hydrogen (secondary N) is 1. The Morgan fingerprint density at radius 1 is 1.23 bits per heavy atom. The summed E-state index contributed by atoms with van der Waals surface area (Å²) in [6.45, 7) is 3.48. The molecule has 2 rings (SSSR count). The van der Waals surface area contributed by atoms with Crippen molar-refractivity contribution < 1.29 is 32.5 Å². The summed E-state index contributed by atoms with van der Waals surface area (Å²) in [4.78, 5) is 23.9. The van der Waals surface area contributed by atoms with Gasteiger partial charge in [0.15, 0.2) is 0 Å². The largest absolute Gasteiger partial charge is 0.475 e. The first-order valence-corrected chi connectivity index (χ1v) is 9.96. The minimum atomic E-state index is -3.61. The van der Waals surface area contributed by atoms with E-state index in [1.807, 2.05) is 6.92 Å². The molecule has 9 heteroatoms. The first kappa shape index (κ1) is 20.6. The summed E-state index contributed by atoms with van der Waals surface area (Å²) in [5.41, 5.74) is 0.409. The fourth-order valence-corrected chi connectivity index (χ4v) is 3.65. The summed E-state index contributed by atoms with van der Waals surface area (Å²) < 4.78 is 32.9. The van der Waals surface area contributed by atoms with E-state index in [1.54, 1.807) is 30.3 Å². The topological polar surface area (TPSA) is 100 Å². The molecule has 1 heterocycles. The fraction of sp³-hybridized carbons (Fsp3) is 0.529. The van der Waals surface area contributed by atoms with Crippen LogP contribution in [0.4, 0.5) is 0 Å². The monoisotopic (exact) mass is 385 g/mol. The third-order valence-corrected chi connectivity index (χ3v) is 5.14. The number of amides is 1. The predicted molar refractivity (Wildman–Crippen MR) is 93.6 cm³/mol. The van der Waals surface area contributed by atoms with E-state index in [-0.39, 0.29) is 25.7 Å². The van der Waals surface area contributed by atoms with Crippen LogP contribution in [0.1, 0.15) is 37.0 Å². The van der Waals surface area contributed by atoms with E-state index in [4.69, 9.17) is 18.3 Å². The molecule has 0 saturated carbocycles. The fourth-order valence-electron chi connectivity index (χ4n) is 2.49. The van der Waals surface area contributed by atoms with Gasteiger partial charge in [0.1, 0.15) is 6.10 Å². The predicted octanol–water partition coefficient (Wildman–Crippen LogP) is 2.69. The maximum Gasteiger partial charge on any atom is 0.475 e. The molecule has 0 spiro atoms. The third kappa shape index (κ3) is 6.21. The quantitative estimate of drug-likeness (QED) is 0.515. The van der Waals surface area contributed by atoms with Crippen molar-refractivity contribution in [2.45, 2.75) is 38.8 Å². The molecule has 0 radical (unpaired) electrons. The summed E-state index contributed by atoms with van der Waals surface area (Å²) >= 11 is 0. The molecule has 0 aliphatic carbocycles. The van der Waals surface area contributed by atoms with Gasteiger partial charge in [0.25, 0.3) is 0 Å². The van der Waals surface area contributed by atoms with Crippen LogP contribution in [0, 0.1) is 0 Å². The Hall–Kier alpha value is -1.73. The lowest BCUT2D eigenvalue weighted by atomic mass is 10.1. The van der Waals surface area contributed by atoms with Crippen LogP contribution in [0.5, 0.6) is 0 Å². The summed E-state index contributed by atoms with van der Waals surface area (Å²) in [7, 11) is -3.61. The molecule has 1 N–H and O–H groups in total. The van der Waals surface area contributed by atoms with E-state index in [9.17, 15) is 14.2 Å². The first-order chi connectivity index (χ1) is 12.4. The van der Waals surface area contributed by atoms with Crippen molar-refractivity contribution in [2.24, 2.45) is 0 Å². The smallest absolute Gasteiger partial charge is 0.456 e. The van der Waals surface area contributed by atoms with Crippen LogP contribution in [-0.4, -0.2) is 43.8 Å². The Kier molecular flexibility index (Phi) is 7.78. The van der Waals surface area contributed by atoms with Crippen molar-refractivity contribution in [3.8, 4) is 0 Å². The van der Waals surface area contributed by atoms with E-state index < -0.39 is 25.9 Å². The highest BCUT2D eigenvalue weighted by atomic mass is 31.2. The standard InChI is InChI=1S/C17H24NO7P/c1-3-7-16(25-17(20)14-8-5-4-6-9-14)15(18-13(2)19)12-24-26(21)22-10-11-23-26/h4-6,8-9,15-16H,3,7,10-12H2,1-2H3,(H,18,19)/t15-,16+/m0/s1. The normalized spacial score (nSPS) is 18.1. The summed E-state index contributed by atoms with van der Waals surface area (Å²) in [5.74, 6) is -0.818. The van der Waals surface area contributed by atoms with Crippen LogP contribution in [-0.2, 0) is 27.7 Å². The summed E-state index contributed by atoms with van der Waals surface area (Å²) in [6, 6.07) is 7.88. The lowest BCUT2D eigenvalue weighted by Crippen LogP contribution is -2.47. The van der Waals surface area contributed by atoms with Gasteiger partial charge < -0.3 is 10.1 Å². The molecule has 2 atom stereocenters. The minimum absolute atomic E-state index is 0.163. The number of carbonyl (C=O) groups is 2. The highest BCUT2D eigenvalue weighted by molar-refractivity contribution is 7.48. The zero-order chi connectivity index (χ0) is 19.0. The molecule has 26 heavy (non-hydrogen) atoms. The van der Waals surface area contributed by atoms with Gasteiger partial charge in [-0.1, -0.05) is 31.5 Å². The molecule has 0 aromatic heterocycles. The van der Waals surface area contributed by atoms with Gasteiger partial charge in [0.05, 0.1) is 31.4 Å². The lowest BCUT2D eigenvalue weighted by Gasteiger charge is -2.27. The van der Waals surface area contributed by atoms with Crippen molar-refractivity contribution in [2.75, 3.05) is 19.8 Å². The lowest BCUT2D eigenvalue weighted by molar-refractivity contribution is -0.121. The van der Waals surface area contributed by atoms with E-state index in [0.29, 0.717) is 18.4 Å². The molecular weight excluding hydrogens is 361 g/mol. The number of hydrogen-bond acceptors (Lipinski definition) is 7. The van der Waals surface area contributed by atoms with Crippen molar-refractivity contribution in [1.29, 1.82) is 0 Å². The number of rotatable bonds is 9. The van der Waals surface area contributed by atoms with Crippen LogP contribution in [0.25, 0.3) is 0 Å². The molecule has 1 aromatic rings. The van der Waals surface area contributed by atoms with Gasteiger partial charge in [-0.2, -0.15) is 0 Å². The van der Waals surface area contributed by atoms with Crippen molar-refractivity contribution in [3.63, 3.8) is 0 Å². The van der Waals surface area contributed by atoms with E-state index >= 15 is 0 Å². The molecule has 1 fully saturated rings. The molecule has 144 valence electrons. The van der Waals surface area contributed by atoms with Crippen LogP contribution in [0.3, 0.4) is 0 Å². The average Bonchev–Trinajstić information content (AvgIpc) is 3.05. The van der Waals surface area contributed by atoms with Crippen LogP contribution < -0.4 is 5.32 Å². The van der Waals surface area contributed by atoms with Crippen molar-refractivity contribution in [1.82, 2.24) is 5.32 Å². The van der Waals surface area contributed by atoms with E-state index in [2.05, 4.69) is 5.32 Å². The zero-order valence-corrected chi connectivity index (χ0v) is 15.8. The highest BCUT2D eigenvalue weighted by Crippen LogP contribution is 2.52.